The molecular formula is C15H12F3N. The van der Waals surface area contributed by atoms with Crippen molar-refractivity contribution in [1.29, 1.82) is 0 Å². The van der Waals surface area contributed by atoms with Crippen LogP contribution in [-0.4, -0.2) is 6.54 Å². The average Bonchev–Trinajstić information content (AvgIpc) is 2.44. The maximum Gasteiger partial charge on any atom is 0.194 e. The van der Waals surface area contributed by atoms with Crippen LogP contribution in [0.5, 0.6) is 0 Å². The third-order valence-electron chi connectivity index (χ3n) is 3.53. The summed E-state index contributed by atoms with van der Waals surface area (Å²) in [6.45, 7) is 0.513. The Bertz CT molecular complexity index is 625. The quantitative estimate of drug-likeness (QED) is 0.770. The van der Waals surface area contributed by atoms with Crippen molar-refractivity contribution in [3.8, 4) is 0 Å². The molecule has 1 N–H and O–H groups in total. The van der Waals surface area contributed by atoms with Crippen molar-refractivity contribution in [3.63, 3.8) is 0 Å². The van der Waals surface area contributed by atoms with E-state index >= 15 is 0 Å². The van der Waals surface area contributed by atoms with Crippen molar-refractivity contribution in [2.45, 2.75) is 12.3 Å². The van der Waals surface area contributed by atoms with Gasteiger partial charge in [0.15, 0.2) is 17.5 Å². The van der Waals surface area contributed by atoms with E-state index in [0.29, 0.717) is 13.0 Å². The molecule has 1 aliphatic rings. The van der Waals surface area contributed by atoms with Crippen molar-refractivity contribution < 1.29 is 13.2 Å². The van der Waals surface area contributed by atoms with Crippen molar-refractivity contribution in [2.75, 3.05) is 11.9 Å². The van der Waals surface area contributed by atoms with Crippen LogP contribution >= 0.6 is 0 Å². The molecule has 1 heterocycles. The highest BCUT2D eigenvalue weighted by molar-refractivity contribution is 5.54. The lowest BCUT2D eigenvalue weighted by atomic mass is 9.88. The van der Waals surface area contributed by atoms with Crippen LogP contribution in [0, 0.1) is 17.5 Å². The van der Waals surface area contributed by atoms with Gasteiger partial charge in [-0.05, 0) is 29.7 Å². The average molecular weight is 263 g/mol. The van der Waals surface area contributed by atoms with Gasteiger partial charge in [-0.15, -0.1) is 0 Å². The number of fused-ring (bicyclic) bond motifs is 1. The molecule has 1 atom stereocenters. The normalized spacial score (nSPS) is 17.7. The van der Waals surface area contributed by atoms with Gasteiger partial charge in [-0.2, -0.15) is 0 Å². The van der Waals surface area contributed by atoms with Gasteiger partial charge in [-0.1, -0.05) is 24.3 Å². The molecule has 98 valence electrons. The highest BCUT2D eigenvalue weighted by atomic mass is 19.2. The number of anilines is 1. The number of nitrogens with one attached hydrogen (secondary N) is 1. The van der Waals surface area contributed by atoms with Gasteiger partial charge in [0.25, 0.3) is 0 Å². The Kier molecular flexibility index (Phi) is 2.93. The lowest BCUT2D eigenvalue weighted by molar-refractivity contribution is 0.435. The van der Waals surface area contributed by atoms with Crippen molar-refractivity contribution >= 4 is 5.69 Å². The molecular weight excluding hydrogens is 251 g/mol. The molecule has 1 nitrogen and oxygen atoms in total. The van der Waals surface area contributed by atoms with E-state index in [1.807, 2.05) is 24.3 Å². The van der Waals surface area contributed by atoms with Gasteiger partial charge in [0.1, 0.15) is 0 Å². The minimum atomic E-state index is -1.39. The first kappa shape index (κ1) is 12.1. The molecule has 2 aromatic carbocycles. The molecule has 0 aliphatic carbocycles. The van der Waals surface area contributed by atoms with E-state index in [0.717, 1.165) is 17.3 Å². The van der Waals surface area contributed by atoms with Crippen LogP contribution in [0.2, 0.25) is 0 Å². The molecule has 2 aromatic rings. The molecule has 1 unspecified atom stereocenters. The zero-order valence-electron chi connectivity index (χ0n) is 10.1. The minimum Gasteiger partial charge on any atom is -0.384 e. The summed E-state index contributed by atoms with van der Waals surface area (Å²) in [4.78, 5) is 0. The van der Waals surface area contributed by atoms with Gasteiger partial charge in [0.05, 0.1) is 0 Å². The predicted octanol–water partition coefficient (Wildman–Crippen LogP) is 3.86. The molecule has 0 saturated carbocycles. The number of hydrogen-bond donors (Lipinski definition) is 1. The van der Waals surface area contributed by atoms with Crippen LogP contribution in [0.1, 0.15) is 17.0 Å². The van der Waals surface area contributed by atoms with Crippen LogP contribution in [0.25, 0.3) is 0 Å². The van der Waals surface area contributed by atoms with Crippen LogP contribution in [0.4, 0.5) is 18.9 Å². The van der Waals surface area contributed by atoms with Gasteiger partial charge in [-0.25, -0.2) is 13.2 Å². The lowest BCUT2D eigenvalue weighted by Crippen LogP contribution is -2.22. The summed E-state index contributed by atoms with van der Waals surface area (Å²) >= 11 is 0. The van der Waals surface area contributed by atoms with E-state index in [2.05, 4.69) is 5.32 Å². The predicted molar refractivity (Wildman–Crippen MR) is 67.7 cm³/mol. The Morgan fingerprint density at radius 2 is 1.74 bits per heavy atom. The molecule has 0 saturated heterocycles. The minimum absolute atomic E-state index is 0.190. The zero-order valence-corrected chi connectivity index (χ0v) is 10.1. The topological polar surface area (TPSA) is 12.0 Å². The lowest BCUT2D eigenvalue weighted by Gasteiger charge is -2.26. The molecule has 0 bridgehead atoms. The van der Waals surface area contributed by atoms with E-state index in [1.54, 1.807) is 0 Å². The fraction of sp³-hybridized carbons (Fsp3) is 0.200. The largest absolute Gasteiger partial charge is 0.384 e. The van der Waals surface area contributed by atoms with Gasteiger partial charge in [0.2, 0.25) is 0 Å². The van der Waals surface area contributed by atoms with E-state index in [-0.39, 0.29) is 11.5 Å². The third kappa shape index (κ3) is 2.07. The van der Waals surface area contributed by atoms with E-state index in [1.165, 1.54) is 6.07 Å². The van der Waals surface area contributed by atoms with Crippen LogP contribution < -0.4 is 5.32 Å². The second-order valence-electron chi connectivity index (χ2n) is 4.70. The fourth-order valence-electron chi connectivity index (χ4n) is 2.52. The fourth-order valence-corrected chi connectivity index (χ4v) is 2.52. The molecule has 0 amide bonds. The Balaban J connectivity index is 1.96. The first-order chi connectivity index (χ1) is 9.16. The van der Waals surface area contributed by atoms with Crippen molar-refractivity contribution in [3.05, 3.63) is 65.0 Å². The third-order valence-corrected chi connectivity index (χ3v) is 3.53. The van der Waals surface area contributed by atoms with Crippen LogP contribution in [-0.2, 0) is 6.42 Å². The molecule has 0 radical (unpaired) electrons. The summed E-state index contributed by atoms with van der Waals surface area (Å²) in [7, 11) is 0. The molecule has 1 aliphatic heterocycles. The Hall–Kier alpha value is -1.97. The highest BCUT2D eigenvalue weighted by Crippen LogP contribution is 2.32. The summed E-state index contributed by atoms with van der Waals surface area (Å²) in [6, 6.07) is 10.0. The molecule has 19 heavy (non-hydrogen) atoms. The Morgan fingerprint density at radius 1 is 0.947 bits per heavy atom. The van der Waals surface area contributed by atoms with Crippen LogP contribution in [0.3, 0.4) is 0 Å². The summed E-state index contributed by atoms with van der Waals surface area (Å²) in [6.07, 6.45) is 0.616. The maximum atomic E-state index is 13.8. The number of benzene rings is 2. The van der Waals surface area contributed by atoms with Gasteiger partial charge >= 0.3 is 0 Å². The molecule has 0 spiro atoms. The van der Waals surface area contributed by atoms with Gasteiger partial charge < -0.3 is 5.32 Å². The number of halogens is 3. The Labute approximate surface area is 109 Å². The standard InChI is InChI=1S/C15H12F3N/c16-12-6-5-11(14(17)15(12)18)10-7-9-3-1-2-4-13(9)19-8-10/h1-6,10,19H,7-8H2. The summed E-state index contributed by atoms with van der Waals surface area (Å²) in [5.41, 5.74) is 2.30. The van der Waals surface area contributed by atoms with E-state index in [9.17, 15) is 13.2 Å². The number of rotatable bonds is 1. The zero-order chi connectivity index (χ0) is 13.4. The second-order valence-corrected chi connectivity index (χ2v) is 4.70. The summed E-state index contributed by atoms with van der Waals surface area (Å²) < 4.78 is 40.0. The van der Waals surface area contributed by atoms with Gasteiger partial charge in [0, 0.05) is 18.2 Å². The van der Waals surface area contributed by atoms with Crippen molar-refractivity contribution in [1.82, 2.24) is 0 Å². The monoisotopic (exact) mass is 263 g/mol. The number of hydrogen-bond acceptors (Lipinski definition) is 1. The second kappa shape index (κ2) is 4.61. The smallest absolute Gasteiger partial charge is 0.194 e. The first-order valence-electron chi connectivity index (χ1n) is 6.12. The first-order valence-corrected chi connectivity index (χ1v) is 6.12. The maximum absolute atomic E-state index is 13.8. The molecule has 4 heteroatoms. The summed E-state index contributed by atoms with van der Waals surface area (Å²) in [5.74, 6) is -3.81. The van der Waals surface area contributed by atoms with E-state index < -0.39 is 17.5 Å². The number of para-hydroxylation sites is 1. The van der Waals surface area contributed by atoms with Crippen molar-refractivity contribution in [2.24, 2.45) is 0 Å². The summed E-state index contributed by atoms with van der Waals surface area (Å²) in [5, 5.41) is 3.19. The van der Waals surface area contributed by atoms with E-state index in [4.69, 9.17) is 0 Å². The molecule has 0 aromatic heterocycles. The highest BCUT2D eigenvalue weighted by Gasteiger charge is 2.24. The SMILES string of the molecule is Fc1ccc(C2CNc3ccccc3C2)c(F)c1F. The van der Waals surface area contributed by atoms with Crippen LogP contribution in [0.15, 0.2) is 36.4 Å². The molecule has 3 rings (SSSR count). The Morgan fingerprint density at radius 3 is 2.58 bits per heavy atom. The van der Waals surface area contributed by atoms with Gasteiger partial charge in [-0.3, -0.25) is 0 Å². The molecule has 0 fully saturated rings.